The van der Waals surface area contributed by atoms with E-state index >= 15 is 0 Å². The minimum atomic E-state index is -0.273. The summed E-state index contributed by atoms with van der Waals surface area (Å²) < 4.78 is 0.970. The first-order valence-electron chi connectivity index (χ1n) is 6.72. The summed E-state index contributed by atoms with van der Waals surface area (Å²) in [5.74, 6) is 0.778. The monoisotopic (exact) mass is 363 g/mol. The topological polar surface area (TPSA) is 29.1 Å². The summed E-state index contributed by atoms with van der Waals surface area (Å²) in [5, 5.41) is 3.09. The van der Waals surface area contributed by atoms with Gasteiger partial charge in [-0.05, 0) is 50.2 Å². The van der Waals surface area contributed by atoms with E-state index in [1.807, 2.05) is 56.3 Å². The van der Waals surface area contributed by atoms with Gasteiger partial charge < -0.3 is 5.32 Å². The Morgan fingerprint density at radius 2 is 1.71 bits per heavy atom. The van der Waals surface area contributed by atoms with Crippen LogP contribution < -0.4 is 5.32 Å². The zero-order chi connectivity index (χ0) is 15.3. The number of hydrogen-bond acceptors (Lipinski definition) is 2. The van der Waals surface area contributed by atoms with Crippen LogP contribution in [0.2, 0.25) is 0 Å². The van der Waals surface area contributed by atoms with Gasteiger partial charge >= 0.3 is 0 Å². The van der Waals surface area contributed by atoms with Crippen LogP contribution in [0.4, 0.5) is 0 Å². The molecule has 0 aliphatic heterocycles. The predicted octanol–water partition coefficient (Wildman–Crippen LogP) is 4.75. The quantitative estimate of drug-likeness (QED) is 0.776. The third-order valence-electron chi connectivity index (χ3n) is 2.90. The molecule has 2 aromatic rings. The molecule has 1 N–H and O–H groups in total. The van der Waals surface area contributed by atoms with Crippen molar-refractivity contribution >= 4 is 33.6 Å². The van der Waals surface area contributed by atoms with Gasteiger partial charge in [0.15, 0.2) is 0 Å². The first-order valence-corrected chi connectivity index (χ1v) is 8.50. The Labute approximate surface area is 138 Å². The van der Waals surface area contributed by atoms with E-state index in [1.165, 1.54) is 4.90 Å². The number of carbonyl (C=O) groups is 1. The molecule has 0 unspecified atom stereocenters. The molecule has 2 nitrogen and oxygen atoms in total. The van der Waals surface area contributed by atoms with Crippen LogP contribution in [0.3, 0.4) is 0 Å². The van der Waals surface area contributed by atoms with E-state index < -0.39 is 0 Å². The normalized spacial score (nSPS) is 11.2. The molecule has 0 spiro atoms. The van der Waals surface area contributed by atoms with Gasteiger partial charge in [-0.15, -0.1) is 11.8 Å². The van der Waals surface area contributed by atoms with Crippen molar-refractivity contribution in [3.05, 3.63) is 64.6 Å². The molecule has 0 aliphatic carbocycles. The number of rotatable bonds is 5. The molecule has 2 rings (SSSR count). The molecule has 1 amide bonds. The lowest BCUT2D eigenvalue weighted by Gasteiger charge is -2.26. The van der Waals surface area contributed by atoms with Crippen LogP contribution in [0.1, 0.15) is 24.2 Å². The summed E-state index contributed by atoms with van der Waals surface area (Å²) in [7, 11) is 0. The van der Waals surface area contributed by atoms with E-state index in [0.717, 1.165) is 10.2 Å². The van der Waals surface area contributed by atoms with E-state index in [0.29, 0.717) is 5.56 Å². The highest BCUT2D eigenvalue weighted by Crippen LogP contribution is 2.22. The van der Waals surface area contributed by atoms with E-state index in [9.17, 15) is 4.79 Å². The standard InChI is InChI=1S/C17H18BrNOS/c1-17(2,12-21-15-6-4-3-5-7-15)19-16(20)13-8-10-14(18)11-9-13/h3-11H,12H2,1-2H3,(H,19,20). The summed E-state index contributed by atoms with van der Waals surface area (Å²) in [6.45, 7) is 4.08. The molecular weight excluding hydrogens is 346 g/mol. The fourth-order valence-electron chi connectivity index (χ4n) is 1.80. The lowest BCUT2D eigenvalue weighted by Crippen LogP contribution is -2.45. The number of thioether (sulfide) groups is 1. The van der Waals surface area contributed by atoms with Gasteiger partial charge in [0.2, 0.25) is 0 Å². The average Bonchev–Trinajstić information content (AvgIpc) is 2.46. The van der Waals surface area contributed by atoms with Crippen molar-refractivity contribution in [2.75, 3.05) is 5.75 Å². The molecule has 110 valence electrons. The second kappa shape index (κ2) is 7.14. The largest absolute Gasteiger partial charge is 0.346 e. The van der Waals surface area contributed by atoms with Crippen LogP contribution in [0.15, 0.2) is 64.0 Å². The highest BCUT2D eigenvalue weighted by Gasteiger charge is 2.21. The zero-order valence-corrected chi connectivity index (χ0v) is 14.5. The molecule has 0 saturated carbocycles. The number of amides is 1. The number of benzene rings is 2. The summed E-state index contributed by atoms with van der Waals surface area (Å²) in [6, 6.07) is 17.6. The Morgan fingerprint density at radius 1 is 1.10 bits per heavy atom. The maximum Gasteiger partial charge on any atom is 0.251 e. The minimum Gasteiger partial charge on any atom is -0.346 e. The number of carbonyl (C=O) groups excluding carboxylic acids is 1. The van der Waals surface area contributed by atoms with Crippen molar-refractivity contribution in [1.29, 1.82) is 0 Å². The molecule has 21 heavy (non-hydrogen) atoms. The van der Waals surface area contributed by atoms with E-state index in [-0.39, 0.29) is 11.4 Å². The van der Waals surface area contributed by atoms with Gasteiger partial charge in [-0.2, -0.15) is 0 Å². The van der Waals surface area contributed by atoms with E-state index in [2.05, 4.69) is 33.4 Å². The minimum absolute atomic E-state index is 0.0406. The third-order valence-corrected chi connectivity index (χ3v) is 4.90. The molecule has 0 aliphatic rings. The van der Waals surface area contributed by atoms with Crippen molar-refractivity contribution < 1.29 is 4.79 Å². The Bertz CT molecular complexity index is 596. The van der Waals surface area contributed by atoms with Crippen LogP contribution >= 0.6 is 27.7 Å². The van der Waals surface area contributed by atoms with Crippen LogP contribution in [-0.2, 0) is 0 Å². The van der Waals surface area contributed by atoms with Crippen molar-refractivity contribution in [3.63, 3.8) is 0 Å². The van der Waals surface area contributed by atoms with E-state index in [4.69, 9.17) is 0 Å². The van der Waals surface area contributed by atoms with Gasteiger partial charge in [0, 0.05) is 26.2 Å². The first-order chi connectivity index (χ1) is 9.96. The lowest BCUT2D eigenvalue weighted by atomic mass is 10.1. The molecule has 2 aromatic carbocycles. The van der Waals surface area contributed by atoms with Crippen LogP contribution in [-0.4, -0.2) is 17.2 Å². The molecule has 0 saturated heterocycles. The molecule has 0 fully saturated rings. The number of nitrogens with one attached hydrogen (secondary N) is 1. The Hall–Kier alpha value is -1.26. The molecule has 0 radical (unpaired) electrons. The zero-order valence-electron chi connectivity index (χ0n) is 12.1. The summed E-state index contributed by atoms with van der Waals surface area (Å²) in [6.07, 6.45) is 0. The molecule has 0 bridgehead atoms. The summed E-state index contributed by atoms with van der Waals surface area (Å²) in [5.41, 5.74) is 0.404. The van der Waals surface area contributed by atoms with Crippen molar-refractivity contribution in [1.82, 2.24) is 5.32 Å². The molecule has 0 aromatic heterocycles. The number of halogens is 1. The van der Waals surface area contributed by atoms with Crippen LogP contribution in [0.5, 0.6) is 0 Å². The lowest BCUT2D eigenvalue weighted by molar-refractivity contribution is 0.0921. The average molecular weight is 364 g/mol. The fraction of sp³-hybridized carbons (Fsp3) is 0.235. The Balaban J connectivity index is 1.93. The Morgan fingerprint density at radius 3 is 2.33 bits per heavy atom. The first kappa shape index (κ1) is 16.1. The molecule has 4 heteroatoms. The van der Waals surface area contributed by atoms with Crippen LogP contribution in [0, 0.1) is 0 Å². The summed E-state index contributed by atoms with van der Waals surface area (Å²) in [4.78, 5) is 13.5. The molecule has 0 atom stereocenters. The van der Waals surface area contributed by atoms with Crippen LogP contribution in [0.25, 0.3) is 0 Å². The summed E-state index contributed by atoms with van der Waals surface area (Å²) >= 11 is 5.12. The maximum atomic E-state index is 12.2. The predicted molar refractivity (Wildman–Crippen MR) is 92.9 cm³/mol. The maximum absolute atomic E-state index is 12.2. The second-order valence-corrected chi connectivity index (χ2v) is 7.41. The second-order valence-electron chi connectivity index (χ2n) is 5.45. The highest BCUT2D eigenvalue weighted by atomic mass is 79.9. The third kappa shape index (κ3) is 5.21. The van der Waals surface area contributed by atoms with Gasteiger partial charge in [0.25, 0.3) is 5.91 Å². The van der Waals surface area contributed by atoms with Gasteiger partial charge in [0.05, 0.1) is 0 Å². The number of hydrogen-bond donors (Lipinski definition) is 1. The fourth-order valence-corrected chi connectivity index (χ4v) is 3.01. The molecular formula is C17H18BrNOS. The van der Waals surface area contributed by atoms with Gasteiger partial charge in [0.1, 0.15) is 0 Å². The van der Waals surface area contributed by atoms with E-state index in [1.54, 1.807) is 11.8 Å². The van der Waals surface area contributed by atoms with Gasteiger partial charge in [-0.1, -0.05) is 34.1 Å². The van der Waals surface area contributed by atoms with Gasteiger partial charge in [-0.3, -0.25) is 4.79 Å². The molecule has 0 heterocycles. The van der Waals surface area contributed by atoms with Gasteiger partial charge in [-0.25, -0.2) is 0 Å². The van der Waals surface area contributed by atoms with Crippen molar-refractivity contribution in [3.8, 4) is 0 Å². The van der Waals surface area contributed by atoms with Crippen molar-refractivity contribution in [2.24, 2.45) is 0 Å². The smallest absolute Gasteiger partial charge is 0.251 e. The highest BCUT2D eigenvalue weighted by molar-refractivity contribution is 9.10. The van der Waals surface area contributed by atoms with Crippen molar-refractivity contribution in [2.45, 2.75) is 24.3 Å². The SMILES string of the molecule is CC(C)(CSc1ccccc1)NC(=O)c1ccc(Br)cc1. The Kier molecular flexibility index (Phi) is 5.48.